The Kier molecular flexibility index (Phi) is 5.24. The van der Waals surface area contributed by atoms with E-state index in [1.807, 2.05) is 0 Å². The van der Waals surface area contributed by atoms with Crippen molar-refractivity contribution in [2.45, 2.75) is 58.4 Å². The molecular formula is C23H31N3O. The molecule has 0 atom stereocenters. The number of hydrogen-bond acceptors (Lipinski definition) is 3. The van der Waals surface area contributed by atoms with Crippen LogP contribution in [0.15, 0.2) is 30.3 Å². The fraction of sp³-hybridized carbons (Fsp3) is 0.522. The first-order valence-corrected chi connectivity index (χ1v) is 10.4. The minimum atomic E-state index is 0.177. The third-order valence-electron chi connectivity index (χ3n) is 6.27. The summed E-state index contributed by atoms with van der Waals surface area (Å²) < 4.78 is 2.39. The molecule has 0 unspecified atom stereocenters. The molecule has 1 aromatic heterocycles. The molecule has 1 aliphatic heterocycles. The Morgan fingerprint density at radius 2 is 1.70 bits per heavy atom. The Morgan fingerprint density at radius 1 is 1.04 bits per heavy atom. The second-order valence-corrected chi connectivity index (χ2v) is 8.11. The Morgan fingerprint density at radius 3 is 2.37 bits per heavy atom. The molecule has 2 fully saturated rings. The van der Waals surface area contributed by atoms with E-state index in [0.29, 0.717) is 12.6 Å². The molecule has 1 aliphatic carbocycles. The summed E-state index contributed by atoms with van der Waals surface area (Å²) in [4.78, 5) is 15.2. The maximum absolute atomic E-state index is 12.8. The topological polar surface area (TPSA) is 37.3 Å². The summed E-state index contributed by atoms with van der Waals surface area (Å²) in [6.07, 6.45) is 7.67. The average Bonchev–Trinajstić information content (AvgIpc) is 3.42. The van der Waals surface area contributed by atoms with Gasteiger partial charge in [0.05, 0.1) is 6.54 Å². The van der Waals surface area contributed by atoms with Crippen LogP contribution in [-0.2, 0) is 0 Å². The lowest BCUT2D eigenvalue weighted by atomic mass is 10.1. The van der Waals surface area contributed by atoms with Crippen molar-refractivity contribution in [2.75, 3.05) is 29.9 Å². The minimum absolute atomic E-state index is 0.177. The van der Waals surface area contributed by atoms with Crippen LogP contribution in [0.5, 0.6) is 0 Å². The molecule has 1 saturated heterocycles. The molecule has 2 aromatic rings. The molecule has 1 saturated carbocycles. The number of ketones is 1. The highest BCUT2D eigenvalue weighted by molar-refractivity contribution is 6.00. The zero-order chi connectivity index (χ0) is 18.8. The van der Waals surface area contributed by atoms with E-state index in [1.165, 1.54) is 49.9 Å². The molecule has 2 aliphatic rings. The number of benzene rings is 1. The highest BCUT2D eigenvalue weighted by atomic mass is 16.1. The van der Waals surface area contributed by atoms with E-state index < -0.39 is 0 Å². The van der Waals surface area contributed by atoms with Gasteiger partial charge >= 0.3 is 0 Å². The SMILES string of the molecule is Cc1cc(C(=O)CNc2ccc(N3CCCC3)cc2)c(C)n1C1CCCC1. The van der Waals surface area contributed by atoms with E-state index in [-0.39, 0.29) is 5.78 Å². The summed E-state index contributed by atoms with van der Waals surface area (Å²) in [6, 6.07) is 11.1. The van der Waals surface area contributed by atoms with Gasteiger partial charge in [0.25, 0.3) is 0 Å². The summed E-state index contributed by atoms with van der Waals surface area (Å²) >= 11 is 0. The van der Waals surface area contributed by atoms with E-state index in [2.05, 4.69) is 59.0 Å². The van der Waals surface area contributed by atoms with Crippen molar-refractivity contribution in [3.8, 4) is 0 Å². The van der Waals surface area contributed by atoms with E-state index >= 15 is 0 Å². The number of aryl methyl sites for hydroxylation is 1. The second kappa shape index (κ2) is 7.79. The summed E-state index contributed by atoms with van der Waals surface area (Å²) in [5.41, 5.74) is 5.52. The standard InChI is InChI=1S/C23H31N3O/c1-17-15-22(18(2)26(17)21-7-3-4-8-21)23(27)16-24-19-9-11-20(12-10-19)25-13-5-6-14-25/h9-12,15,21,24H,3-8,13-14,16H2,1-2H3. The van der Waals surface area contributed by atoms with Crippen molar-refractivity contribution < 1.29 is 4.79 Å². The van der Waals surface area contributed by atoms with Crippen LogP contribution in [0.1, 0.15) is 66.3 Å². The quantitative estimate of drug-likeness (QED) is 0.722. The number of hydrogen-bond donors (Lipinski definition) is 1. The Hall–Kier alpha value is -2.23. The number of Topliss-reactive ketones (excluding diaryl/α,β-unsaturated/α-hetero) is 1. The molecule has 4 rings (SSSR count). The van der Waals surface area contributed by atoms with Crippen molar-refractivity contribution in [1.29, 1.82) is 0 Å². The number of nitrogens with one attached hydrogen (secondary N) is 1. The lowest BCUT2D eigenvalue weighted by Crippen LogP contribution is -2.18. The number of rotatable bonds is 6. The zero-order valence-electron chi connectivity index (χ0n) is 16.6. The maximum Gasteiger partial charge on any atom is 0.183 e. The molecule has 144 valence electrons. The van der Waals surface area contributed by atoms with Gasteiger partial charge in [-0.05, 0) is 69.9 Å². The highest BCUT2D eigenvalue weighted by Gasteiger charge is 2.23. The molecule has 0 radical (unpaired) electrons. The van der Waals surface area contributed by atoms with Crippen molar-refractivity contribution in [3.63, 3.8) is 0 Å². The van der Waals surface area contributed by atoms with Gasteiger partial charge in [0, 0.05) is 47.5 Å². The van der Waals surface area contributed by atoms with Crippen LogP contribution < -0.4 is 10.2 Å². The molecule has 4 heteroatoms. The normalized spacial score (nSPS) is 17.6. The maximum atomic E-state index is 12.8. The first-order valence-electron chi connectivity index (χ1n) is 10.4. The monoisotopic (exact) mass is 365 g/mol. The predicted molar refractivity (Wildman–Crippen MR) is 112 cm³/mol. The molecule has 2 heterocycles. The van der Waals surface area contributed by atoms with Gasteiger partial charge in [0.15, 0.2) is 5.78 Å². The molecule has 1 aromatic carbocycles. The number of aromatic nitrogens is 1. The Bertz CT molecular complexity index is 794. The summed E-state index contributed by atoms with van der Waals surface area (Å²) in [5, 5.41) is 3.31. The first-order chi connectivity index (χ1) is 13.1. The van der Waals surface area contributed by atoms with E-state index in [1.54, 1.807) is 0 Å². The van der Waals surface area contributed by atoms with Crippen LogP contribution in [0.4, 0.5) is 11.4 Å². The van der Waals surface area contributed by atoms with Gasteiger partial charge in [-0.2, -0.15) is 0 Å². The van der Waals surface area contributed by atoms with Crippen LogP contribution in [0.2, 0.25) is 0 Å². The van der Waals surface area contributed by atoms with E-state index in [0.717, 1.165) is 30.0 Å². The average molecular weight is 366 g/mol. The molecule has 4 nitrogen and oxygen atoms in total. The van der Waals surface area contributed by atoms with Crippen LogP contribution >= 0.6 is 0 Å². The predicted octanol–water partition coefficient (Wildman–Crippen LogP) is 5.12. The van der Waals surface area contributed by atoms with Crippen molar-refractivity contribution in [2.24, 2.45) is 0 Å². The van der Waals surface area contributed by atoms with Gasteiger partial charge in [0.1, 0.15) is 0 Å². The molecule has 1 N–H and O–H groups in total. The Balaban J connectivity index is 1.40. The lowest BCUT2D eigenvalue weighted by molar-refractivity contribution is 0.101. The van der Waals surface area contributed by atoms with Gasteiger partial charge in [-0.15, -0.1) is 0 Å². The largest absolute Gasteiger partial charge is 0.378 e. The van der Waals surface area contributed by atoms with Gasteiger partial charge in [-0.25, -0.2) is 0 Å². The van der Waals surface area contributed by atoms with Gasteiger partial charge in [-0.3, -0.25) is 4.79 Å². The van der Waals surface area contributed by atoms with E-state index in [9.17, 15) is 4.79 Å². The molecule has 27 heavy (non-hydrogen) atoms. The molecule has 0 amide bonds. The highest BCUT2D eigenvalue weighted by Crippen LogP contribution is 2.33. The van der Waals surface area contributed by atoms with Gasteiger partial charge in [0.2, 0.25) is 0 Å². The summed E-state index contributed by atoms with van der Waals surface area (Å²) in [7, 11) is 0. The smallest absolute Gasteiger partial charge is 0.183 e. The van der Waals surface area contributed by atoms with Crippen LogP contribution in [-0.4, -0.2) is 30.0 Å². The zero-order valence-corrected chi connectivity index (χ0v) is 16.6. The van der Waals surface area contributed by atoms with Crippen LogP contribution in [0.25, 0.3) is 0 Å². The number of nitrogens with zero attached hydrogens (tertiary/aromatic N) is 2. The Labute approximate surface area is 162 Å². The van der Waals surface area contributed by atoms with Crippen molar-refractivity contribution in [3.05, 3.63) is 47.3 Å². The molecular weight excluding hydrogens is 334 g/mol. The third kappa shape index (κ3) is 3.76. The van der Waals surface area contributed by atoms with Crippen LogP contribution in [0, 0.1) is 13.8 Å². The van der Waals surface area contributed by atoms with Crippen molar-refractivity contribution >= 4 is 17.2 Å². The van der Waals surface area contributed by atoms with Gasteiger partial charge < -0.3 is 14.8 Å². The third-order valence-corrected chi connectivity index (χ3v) is 6.27. The lowest BCUT2D eigenvalue weighted by Gasteiger charge is -2.18. The fourth-order valence-corrected chi connectivity index (χ4v) is 4.83. The number of anilines is 2. The van der Waals surface area contributed by atoms with Gasteiger partial charge in [-0.1, -0.05) is 12.8 Å². The van der Waals surface area contributed by atoms with E-state index in [4.69, 9.17) is 0 Å². The minimum Gasteiger partial charge on any atom is -0.378 e. The second-order valence-electron chi connectivity index (χ2n) is 8.11. The first kappa shape index (κ1) is 18.1. The molecule has 0 bridgehead atoms. The number of carbonyl (C=O) groups excluding carboxylic acids is 1. The summed E-state index contributed by atoms with van der Waals surface area (Å²) in [6.45, 7) is 6.89. The van der Waals surface area contributed by atoms with Crippen molar-refractivity contribution in [1.82, 2.24) is 4.57 Å². The summed E-state index contributed by atoms with van der Waals surface area (Å²) in [5.74, 6) is 0.177. The van der Waals surface area contributed by atoms with Crippen LogP contribution in [0.3, 0.4) is 0 Å². The number of carbonyl (C=O) groups is 1. The molecule has 0 spiro atoms. The fourth-order valence-electron chi connectivity index (χ4n) is 4.83.